The van der Waals surface area contributed by atoms with Gasteiger partial charge in [-0.15, -0.1) is 0 Å². The van der Waals surface area contributed by atoms with Gasteiger partial charge >= 0.3 is 0 Å². The van der Waals surface area contributed by atoms with Crippen LogP contribution in [0, 0.1) is 11.3 Å². The summed E-state index contributed by atoms with van der Waals surface area (Å²) < 4.78 is 5.56. The maximum Gasteiger partial charge on any atom is 0.242 e. The average molecular weight is 326 g/mol. The summed E-state index contributed by atoms with van der Waals surface area (Å²) in [5.41, 5.74) is 1.34. The van der Waals surface area contributed by atoms with E-state index in [1.54, 1.807) is 32.2 Å². The Hall–Kier alpha value is -1.58. The molecule has 1 atom stereocenters. The number of rotatable bonds is 6. The van der Waals surface area contributed by atoms with Gasteiger partial charge in [0.15, 0.2) is 0 Å². The maximum absolute atomic E-state index is 11.7. The lowest BCUT2D eigenvalue weighted by Crippen LogP contribution is -2.39. The molecule has 5 nitrogen and oxygen atoms in total. The summed E-state index contributed by atoms with van der Waals surface area (Å²) in [6.07, 6.45) is 0. The number of nitriles is 1. The molecule has 6 heteroatoms. The number of nitrogens with one attached hydrogen (secondary N) is 2. The molecule has 1 aromatic carbocycles. The molecule has 0 bridgehead atoms. The Labute approximate surface area is 121 Å². The minimum atomic E-state index is -0.364. The first-order valence-corrected chi connectivity index (χ1v) is 6.60. The predicted octanol–water partition coefficient (Wildman–Crippen LogP) is 1.88. The van der Waals surface area contributed by atoms with Crippen LogP contribution in [-0.2, 0) is 9.53 Å². The Morgan fingerprint density at radius 1 is 1.58 bits per heavy atom. The molecule has 0 aromatic heterocycles. The van der Waals surface area contributed by atoms with Crippen molar-refractivity contribution in [3.63, 3.8) is 0 Å². The second-order valence-corrected chi connectivity index (χ2v) is 4.81. The largest absolute Gasteiger partial charge is 0.383 e. The highest BCUT2D eigenvalue weighted by Gasteiger charge is 2.12. The van der Waals surface area contributed by atoms with Gasteiger partial charge in [0.05, 0.1) is 12.2 Å². The fourth-order valence-corrected chi connectivity index (χ4v) is 1.91. The van der Waals surface area contributed by atoms with Gasteiger partial charge in [0.2, 0.25) is 5.91 Å². The van der Waals surface area contributed by atoms with E-state index >= 15 is 0 Å². The molecule has 0 radical (unpaired) electrons. The number of halogens is 1. The first-order valence-electron chi connectivity index (χ1n) is 5.81. The van der Waals surface area contributed by atoms with E-state index in [2.05, 4.69) is 32.6 Å². The first-order chi connectivity index (χ1) is 9.08. The third-order valence-electron chi connectivity index (χ3n) is 2.47. The molecule has 1 amide bonds. The summed E-state index contributed by atoms with van der Waals surface area (Å²) in [5, 5.41) is 14.6. The molecule has 102 valence electrons. The van der Waals surface area contributed by atoms with Crippen molar-refractivity contribution in [1.82, 2.24) is 5.32 Å². The monoisotopic (exact) mass is 325 g/mol. The van der Waals surface area contributed by atoms with Crippen LogP contribution in [0.2, 0.25) is 0 Å². The molecule has 0 aliphatic carbocycles. The van der Waals surface area contributed by atoms with E-state index < -0.39 is 0 Å². The van der Waals surface area contributed by atoms with Crippen molar-refractivity contribution in [3.05, 3.63) is 28.2 Å². The topological polar surface area (TPSA) is 74.2 Å². The van der Waals surface area contributed by atoms with Crippen LogP contribution in [0.1, 0.15) is 12.5 Å². The number of hydrogen-bond donors (Lipinski definition) is 2. The zero-order valence-corrected chi connectivity index (χ0v) is 12.5. The molecule has 0 aliphatic rings. The highest BCUT2D eigenvalue weighted by molar-refractivity contribution is 9.10. The van der Waals surface area contributed by atoms with Gasteiger partial charge in [-0.3, -0.25) is 4.79 Å². The Morgan fingerprint density at radius 2 is 2.32 bits per heavy atom. The quantitative estimate of drug-likeness (QED) is 0.783. The van der Waals surface area contributed by atoms with Crippen molar-refractivity contribution in [2.24, 2.45) is 0 Å². The summed E-state index contributed by atoms with van der Waals surface area (Å²) in [7, 11) is 1.59. The number of methoxy groups -OCH3 is 1. The predicted molar refractivity (Wildman–Crippen MR) is 76.8 cm³/mol. The maximum atomic E-state index is 11.7. The molecule has 1 aromatic rings. The van der Waals surface area contributed by atoms with E-state index in [0.717, 1.165) is 5.69 Å². The van der Waals surface area contributed by atoms with Gasteiger partial charge in [-0.25, -0.2) is 0 Å². The summed E-state index contributed by atoms with van der Waals surface area (Å²) in [6, 6.07) is 6.94. The molecule has 2 N–H and O–H groups in total. The Kier molecular flexibility index (Phi) is 6.33. The molecule has 0 heterocycles. The van der Waals surface area contributed by atoms with Crippen molar-refractivity contribution >= 4 is 27.5 Å². The van der Waals surface area contributed by atoms with Gasteiger partial charge in [-0.1, -0.05) is 0 Å². The van der Waals surface area contributed by atoms with Crippen molar-refractivity contribution in [2.75, 3.05) is 25.6 Å². The lowest BCUT2D eigenvalue weighted by atomic mass is 10.2. The second kappa shape index (κ2) is 7.77. The van der Waals surface area contributed by atoms with Crippen LogP contribution in [-0.4, -0.2) is 32.2 Å². The number of benzene rings is 1. The zero-order chi connectivity index (χ0) is 14.3. The minimum Gasteiger partial charge on any atom is -0.383 e. The number of anilines is 1. The van der Waals surface area contributed by atoms with Crippen LogP contribution < -0.4 is 10.6 Å². The third kappa shape index (κ3) is 4.89. The third-order valence-corrected chi connectivity index (χ3v) is 3.13. The van der Waals surface area contributed by atoms with Gasteiger partial charge in [0.25, 0.3) is 0 Å². The number of carbonyl (C=O) groups excluding carboxylic acids is 1. The summed E-state index contributed by atoms with van der Waals surface area (Å²) in [5.74, 6) is -0.0995. The summed E-state index contributed by atoms with van der Waals surface area (Å²) >= 11 is 3.31. The highest BCUT2D eigenvalue weighted by Crippen LogP contribution is 2.21. The fraction of sp³-hybridized carbons (Fsp3) is 0.385. The number of nitrogens with zero attached hydrogens (tertiary/aromatic N) is 1. The highest BCUT2D eigenvalue weighted by atomic mass is 79.9. The van der Waals surface area contributed by atoms with E-state index in [4.69, 9.17) is 10.00 Å². The van der Waals surface area contributed by atoms with Crippen LogP contribution in [0.15, 0.2) is 22.7 Å². The first kappa shape index (κ1) is 15.5. The van der Waals surface area contributed by atoms with Crippen molar-refractivity contribution in [2.45, 2.75) is 13.0 Å². The second-order valence-electron chi connectivity index (χ2n) is 3.96. The Balaban J connectivity index is 2.57. The van der Waals surface area contributed by atoms with E-state index in [1.807, 2.05) is 0 Å². The smallest absolute Gasteiger partial charge is 0.242 e. The molecule has 0 saturated heterocycles. The van der Waals surface area contributed by atoms with Crippen LogP contribution in [0.4, 0.5) is 5.69 Å². The fourth-order valence-electron chi connectivity index (χ4n) is 1.44. The molecular formula is C13H16BrN3O2. The minimum absolute atomic E-state index is 0.0995. The van der Waals surface area contributed by atoms with Gasteiger partial charge in [-0.2, -0.15) is 5.26 Å². The Morgan fingerprint density at radius 3 is 2.89 bits per heavy atom. The molecule has 19 heavy (non-hydrogen) atoms. The number of carbonyl (C=O) groups is 1. The van der Waals surface area contributed by atoms with E-state index in [0.29, 0.717) is 23.2 Å². The number of ether oxygens (including phenoxy) is 1. The standard InChI is InChI=1S/C13H16BrN3O2/c1-9(13(18)16-5-6-19-2)17-11-4-3-10(8-15)12(14)7-11/h3-4,7,9,17H,5-6H2,1-2H3,(H,16,18). The number of hydrogen-bond acceptors (Lipinski definition) is 4. The van der Waals surface area contributed by atoms with Crippen molar-refractivity contribution in [1.29, 1.82) is 5.26 Å². The molecule has 1 unspecified atom stereocenters. The van der Waals surface area contributed by atoms with Gasteiger partial charge < -0.3 is 15.4 Å². The van der Waals surface area contributed by atoms with Gasteiger partial charge in [-0.05, 0) is 41.1 Å². The molecule has 0 spiro atoms. The number of amides is 1. The molecule has 1 rings (SSSR count). The van der Waals surface area contributed by atoms with E-state index in [-0.39, 0.29) is 11.9 Å². The summed E-state index contributed by atoms with van der Waals surface area (Å²) in [6.45, 7) is 2.74. The van der Waals surface area contributed by atoms with Crippen LogP contribution in [0.25, 0.3) is 0 Å². The van der Waals surface area contributed by atoms with Gasteiger partial charge in [0.1, 0.15) is 12.1 Å². The Bertz CT molecular complexity index is 485. The molecule has 0 fully saturated rings. The van der Waals surface area contributed by atoms with E-state index in [9.17, 15) is 4.79 Å². The van der Waals surface area contributed by atoms with Crippen LogP contribution in [0.3, 0.4) is 0 Å². The van der Waals surface area contributed by atoms with Crippen LogP contribution >= 0.6 is 15.9 Å². The lowest BCUT2D eigenvalue weighted by Gasteiger charge is -2.15. The molecule has 0 aliphatic heterocycles. The average Bonchev–Trinajstić information content (AvgIpc) is 2.39. The SMILES string of the molecule is COCCNC(=O)C(C)Nc1ccc(C#N)c(Br)c1. The van der Waals surface area contributed by atoms with Crippen molar-refractivity contribution < 1.29 is 9.53 Å². The lowest BCUT2D eigenvalue weighted by molar-refractivity contribution is -0.121. The van der Waals surface area contributed by atoms with Gasteiger partial charge in [0, 0.05) is 23.8 Å². The molecular weight excluding hydrogens is 310 g/mol. The normalized spacial score (nSPS) is 11.5. The van der Waals surface area contributed by atoms with Crippen LogP contribution in [0.5, 0.6) is 0 Å². The summed E-state index contributed by atoms with van der Waals surface area (Å²) in [4.78, 5) is 11.7. The van der Waals surface area contributed by atoms with Crippen molar-refractivity contribution in [3.8, 4) is 6.07 Å². The van der Waals surface area contributed by atoms with E-state index in [1.165, 1.54) is 0 Å². The molecule has 0 saturated carbocycles. The zero-order valence-electron chi connectivity index (χ0n) is 10.9.